The third-order valence-corrected chi connectivity index (χ3v) is 0.968. The summed E-state index contributed by atoms with van der Waals surface area (Å²) in [6.45, 7) is 10.9. The Morgan fingerprint density at radius 3 is 2.38 bits per heavy atom. The predicted octanol–water partition coefficient (Wildman–Crippen LogP) is 2.60. The molecule has 3 nitrogen and oxygen atoms in total. The highest BCUT2D eigenvalue weighted by Crippen LogP contribution is 2.06. The van der Waals surface area contributed by atoms with Gasteiger partial charge in [-0.1, -0.05) is 12.2 Å². The van der Waals surface area contributed by atoms with Crippen LogP contribution in [0.5, 0.6) is 0 Å². The molecule has 0 rings (SSSR count). The van der Waals surface area contributed by atoms with Gasteiger partial charge in [-0.05, 0) is 33.8 Å². The molecule has 74 valence electrons. The Bertz CT molecular complexity index is 224. The van der Waals surface area contributed by atoms with Crippen molar-refractivity contribution in [3.63, 3.8) is 0 Å². The molecule has 0 saturated heterocycles. The first-order valence-electron chi connectivity index (χ1n) is 4.13. The van der Waals surface area contributed by atoms with Crippen LogP contribution in [0.3, 0.4) is 0 Å². The summed E-state index contributed by atoms with van der Waals surface area (Å²) in [6.07, 6.45) is 2.75. The number of alkyl carbamates (subject to hydrolysis) is 1. The van der Waals surface area contributed by atoms with Gasteiger partial charge in [0.05, 0.1) is 0 Å². The standard InChI is InChI=1S/C10H17NO2/c1-8(2)6-7-11-9(12)13-10(3,4)5/h6-7H,1H2,2-5H3,(H,11,12). The van der Waals surface area contributed by atoms with E-state index in [1.807, 2.05) is 27.7 Å². The highest BCUT2D eigenvalue weighted by Gasteiger charge is 2.14. The maximum absolute atomic E-state index is 11.0. The second-order valence-electron chi connectivity index (χ2n) is 3.83. The molecule has 0 aromatic rings. The first-order valence-corrected chi connectivity index (χ1v) is 4.13. The fourth-order valence-corrected chi connectivity index (χ4v) is 0.560. The van der Waals surface area contributed by atoms with Crippen molar-refractivity contribution in [2.45, 2.75) is 33.3 Å². The molecule has 0 bridgehead atoms. The fraction of sp³-hybridized carbons (Fsp3) is 0.500. The number of carbonyl (C=O) groups excluding carboxylic acids is 1. The summed E-state index contributed by atoms with van der Waals surface area (Å²) in [6, 6.07) is 0. The maximum Gasteiger partial charge on any atom is 0.411 e. The van der Waals surface area contributed by atoms with Crippen molar-refractivity contribution < 1.29 is 9.53 Å². The maximum atomic E-state index is 11.0. The Balaban J connectivity index is 3.83. The van der Waals surface area contributed by atoms with E-state index in [0.717, 1.165) is 5.57 Å². The van der Waals surface area contributed by atoms with Gasteiger partial charge in [-0.2, -0.15) is 0 Å². The molecular formula is C10H17NO2. The van der Waals surface area contributed by atoms with E-state index in [2.05, 4.69) is 11.9 Å². The molecule has 13 heavy (non-hydrogen) atoms. The monoisotopic (exact) mass is 183 g/mol. The third kappa shape index (κ3) is 8.66. The first kappa shape index (κ1) is 11.8. The van der Waals surface area contributed by atoms with Gasteiger partial charge in [-0.3, -0.25) is 5.32 Å². The highest BCUT2D eigenvalue weighted by atomic mass is 16.6. The number of hydrogen-bond donors (Lipinski definition) is 1. The van der Waals surface area contributed by atoms with Gasteiger partial charge < -0.3 is 4.74 Å². The van der Waals surface area contributed by atoms with E-state index >= 15 is 0 Å². The zero-order valence-electron chi connectivity index (χ0n) is 8.68. The normalized spacial score (nSPS) is 11.4. The first-order chi connectivity index (χ1) is 5.81. The Labute approximate surface area is 79.5 Å². The number of carbonyl (C=O) groups is 1. The van der Waals surface area contributed by atoms with Crippen LogP contribution < -0.4 is 5.32 Å². The summed E-state index contributed by atoms with van der Waals surface area (Å²) in [5.41, 5.74) is 0.414. The lowest BCUT2D eigenvalue weighted by Crippen LogP contribution is -2.29. The molecule has 0 atom stereocenters. The van der Waals surface area contributed by atoms with Gasteiger partial charge in [-0.25, -0.2) is 4.79 Å². The largest absolute Gasteiger partial charge is 0.444 e. The quantitative estimate of drug-likeness (QED) is 0.668. The van der Waals surface area contributed by atoms with Crippen LogP contribution in [0.1, 0.15) is 27.7 Å². The van der Waals surface area contributed by atoms with Crippen LogP contribution in [0.25, 0.3) is 0 Å². The number of ether oxygens (including phenoxy) is 1. The summed E-state index contributed by atoms with van der Waals surface area (Å²) in [5.74, 6) is 0. The lowest BCUT2D eigenvalue weighted by molar-refractivity contribution is 0.0552. The summed E-state index contributed by atoms with van der Waals surface area (Å²) >= 11 is 0. The van der Waals surface area contributed by atoms with E-state index in [0.29, 0.717) is 0 Å². The Morgan fingerprint density at radius 2 is 2.00 bits per heavy atom. The summed E-state index contributed by atoms with van der Waals surface area (Å²) in [4.78, 5) is 11.0. The second kappa shape index (κ2) is 4.70. The van der Waals surface area contributed by atoms with Crippen LogP contribution in [0.15, 0.2) is 24.4 Å². The molecule has 0 radical (unpaired) electrons. The SMILES string of the molecule is C=C(C)C=CNC(=O)OC(C)(C)C. The summed E-state index contributed by atoms with van der Waals surface area (Å²) in [5, 5.41) is 2.47. The topological polar surface area (TPSA) is 38.3 Å². The Kier molecular flexibility index (Phi) is 4.25. The van der Waals surface area contributed by atoms with E-state index in [9.17, 15) is 4.79 Å². The molecular weight excluding hydrogens is 166 g/mol. The van der Waals surface area contributed by atoms with E-state index in [-0.39, 0.29) is 0 Å². The molecule has 1 N–H and O–H groups in total. The predicted molar refractivity (Wildman–Crippen MR) is 53.3 cm³/mol. The van der Waals surface area contributed by atoms with Crippen molar-refractivity contribution in [2.24, 2.45) is 0 Å². The van der Waals surface area contributed by atoms with Gasteiger partial charge >= 0.3 is 6.09 Å². The molecule has 0 spiro atoms. The minimum atomic E-state index is -0.457. The zero-order chi connectivity index (χ0) is 10.5. The van der Waals surface area contributed by atoms with Gasteiger partial charge in [0.1, 0.15) is 5.60 Å². The van der Waals surface area contributed by atoms with Gasteiger partial charge in [-0.15, -0.1) is 0 Å². The van der Waals surface area contributed by atoms with Gasteiger partial charge in [0.15, 0.2) is 0 Å². The van der Waals surface area contributed by atoms with E-state index in [1.165, 1.54) is 6.20 Å². The molecule has 3 heteroatoms. The van der Waals surface area contributed by atoms with Crippen LogP contribution in [-0.2, 0) is 4.74 Å². The molecule has 0 saturated carbocycles. The summed E-state index contributed by atoms with van der Waals surface area (Å²) in [7, 11) is 0. The summed E-state index contributed by atoms with van der Waals surface area (Å²) < 4.78 is 4.99. The third-order valence-electron chi connectivity index (χ3n) is 0.968. The van der Waals surface area contributed by atoms with E-state index in [4.69, 9.17) is 4.74 Å². The van der Waals surface area contributed by atoms with E-state index in [1.54, 1.807) is 6.08 Å². The zero-order valence-corrected chi connectivity index (χ0v) is 8.68. The number of allylic oxidation sites excluding steroid dienone is 2. The molecule has 0 heterocycles. The number of amides is 1. The van der Waals surface area contributed by atoms with Gasteiger partial charge in [0.2, 0.25) is 0 Å². The van der Waals surface area contributed by atoms with Crippen LogP contribution in [0, 0.1) is 0 Å². The molecule has 0 aliphatic rings. The molecule has 0 unspecified atom stereocenters. The minimum Gasteiger partial charge on any atom is -0.444 e. The number of rotatable bonds is 2. The molecule has 0 fully saturated rings. The molecule has 0 aliphatic heterocycles. The van der Waals surface area contributed by atoms with Crippen LogP contribution in [0.2, 0.25) is 0 Å². The van der Waals surface area contributed by atoms with Crippen molar-refractivity contribution in [2.75, 3.05) is 0 Å². The van der Waals surface area contributed by atoms with E-state index < -0.39 is 11.7 Å². The van der Waals surface area contributed by atoms with Crippen molar-refractivity contribution in [3.05, 3.63) is 24.4 Å². The highest BCUT2D eigenvalue weighted by molar-refractivity contribution is 5.68. The molecule has 1 amide bonds. The number of nitrogens with one attached hydrogen (secondary N) is 1. The van der Waals surface area contributed by atoms with Crippen molar-refractivity contribution in [1.82, 2.24) is 5.32 Å². The van der Waals surface area contributed by atoms with Crippen molar-refractivity contribution in [3.8, 4) is 0 Å². The van der Waals surface area contributed by atoms with Gasteiger partial charge in [0, 0.05) is 6.20 Å². The fourth-order valence-electron chi connectivity index (χ4n) is 0.560. The molecule has 0 aromatic carbocycles. The Morgan fingerprint density at radius 1 is 1.46 bits per heavy atom. The van der Waals surface area contributed by atoms with Crippen molar-refractivity contribution in [1.29, 1.82) is 0 Å². The molecule has 0 aliphatic carbocycles. The van der Waals surface area contributed by atoms with Crippen LogP contribution in [-0.4, -0.2) is 11.7 Å². The average molecular weight is 183 g/mol. The smallest absolute Gasteiger partial charge is 0.411 e. The molecule has 0 aromatic heterocycles. The van der Waals surface area contributed by atoms with Gasteiger partial charge in [0.25, 0.3) is 0 Å². The Hall–Kier alpha value is -1.25. The van der Waals surface area contributed by atoms with Crippen LogP contribution in [0.4, 0.5) is 4.79 Å². The lowest BCUT2D eigenvalue weighted by atomic mass is 10.2. The lowest BCUT2D eigenvalue weighted by Gasteiger charge is -2.18. The van der Waals surface area contributed by atoms with Crippen LogP contribution >= 0.6 is 0 Å². The van der Waals surface area contributed by atoms with Crippen molar-refractivity contribution >= 4 is 6.09 Å². The average Bonchev–Trinajstić information content (AvgIpc) is 1.81. The second-order valence-corrected chi connectivity index (χ2v) is 3.83. The minimum absolute atomic E-state index is 0.454. The number of hydrogen-bond acceptors (Lipinski definition) is 2.